The zero-order valence-electron chi connectivity index (χ0n) is 12.6. The van der Waals surface area contributed by atoms with Crippen molar-refractivity contribution in [1.82, 2.24) is 4.90 Å². The van der Waals surface area contributed by atoms with E-state index in [-0.39, 0.29) is 12.5 Å². The molecule has 0 bridgehead atoms. The van der Waals surface area contributed by atoms with Gasteiger partial charge in [0.25, 0.3) is 5.91 Å². The Bertz CT molecular complexity index is 628. The van der Waals surface area contributed by atoms with E-state index in [2.05, 4.69) is 15.9 Å². The number of hydrogen-bond donors (Lipinski definition) is 0. The van der Waals surface area contributed by atoms with Crippen LogP contribution in [0, 0.1) is 0 Å². The van der Waals surface area contributed by atoms with Crippen LogP contribution >= 0.6 is 15.9 Å². The molecule has 4 nitrogen and oxygen atoms in total. The number of amides is 1. The number of rotatable bonds is 6. The van der Waals surface area contributed by atoms with Crippen LogP contribution in [-0.4, -0.2) is 31.6 Å². The first-order valence-corrected chi connectivity index (χ1v) is 7.63. The monoisotopic (exact) mass is 363 g/mol. The van der Waals surface area contributed by atoms with Crippen LogP contribution in [0.15, 0.2) is 53.0 Å². The average molecular weight is 364 g/mol. The van der Waals surface area contributed by atoms with Gasteiger partial charge in [0.2, 0.25) is 0 Å². The molecular weight excluding hydrogens is 346 g/mol. The summed E-state index contributed by atoms with van der Waals surface area (Å²) in [6.07, 6.45) is 0. The Hall–Kier alpha value is -2.01. The molecule has 0 saturated carbocycles. The molecular formula is C17H18BrNO3. The van der Waals surface area contributed by atoms with Crippen LogP contribution in [0.3, 0.4) is 0 Å². The van der Waals surface area contributed by atoms with E-state index in [1.165, 1.54) is 0 Å². The highest BCUT2D eigenvalue weighted by Crippen LogP contribution is 2.19. The molecule has 116 valence electrons. The Labute approximate surface area is 138 Å². The van der Waals surface area contributed by atoms with Gasteiger partial charge in [-0.2, -0.15) is 0 Å². The minimum Gasteiger partial charge on any atom is -0.496 e. The molecule has 0 fully saturated rings. The van der Waals surface area contributed by atoms with Crippen LogP contribution in [0.5, 0.6) is 11.5 Å². The summed E-state index contributed by atoms with van der Waals surface area (Å²) in [7, 11) is 3.37. The van der Waals surface area contributed by atoms with Gasteiger partial charge in [-0.05, 0) is 30.3 Å². The minimum absolute atomic E-state index is 0.00722. The summed E-state index contributed by atoms with van der Waals surface area (Å²) >= 11 is 3.36. The predicted molar refractivity (Wildman–Crippen MR) is 89.1 cm³/mol. The molecule has 0 aliphatic heterocycles. The Kier molecular flexibility index (Phi) is 5.83. The Morgan fingerprint density at radius 2 is 1.82 bits per heavy atom. The van der Waals surface area contributed by atoms with Gasteiger partial charge < -0.3 is 14.4 Å². The van der Waals surface area contributed by atoms with E-state index in [9.17, 15) is 4.79 Å². The molecule has 0 aliphatic rings. The number of halogens is 1. The zero-order chi connectivity index (χ0) is 15.9. The first-order chi connectivity index (χ1) is 10.6. The van der Waals surface area contributed by atoms with Crippen LogP contribution in [0.1, 0.15) is 5.56 Å². The molecule has 2 rings (SSSR count). The molecule has 0 aromatic heterocycles. The fourth-order valence-corrected chi connectivity index (χ4v) is 2.23. The molecule has 0 radical (unpaired) electrons. The molecule has 2 aromatic carbocycles. The van der Waals surface area contributed by atoms with E-state index in [1.54, 1.807) is 19.1 Å². The Morgan fingerprint density at radius 1 is 1.14 bits per heavy atom. The largest absolute Gasteiger partial charge is 0.496 e. The van der Waals surface area contributed by atoms with Crippen molar-refractivity contribution in [3.05, 3.63) is 58.6 Å². The first-order valence-electron chi connectivity index (χ1n) is 6.84. The van der Waals surface area contributed by atoms with Crippen LogP contribution in [0.25, 0.3) is 0 Å². The van der Waals surface area contributed by atoms with Crippen LogP contribution in [0.2, 0.25) is 0 Å². The zero-order valence-corrected chi connectivity index (χ0v) is 14.2. The summed E-state index contributed by atoms with van der Waals surface area (Å²) in [5, 5.41) is 0. The molecule has 5 heteroatoms. The molecule has 0 spiro atoms. The number of benzene rings is 2. The average Bonchev–Trinajstić information content (AvgIpc) is 2.54. The maximum Gasteiger partial charge on any atom is 0.260 e. The number of carbonyl (C=O) groups is 1. The number of para-hydroxylation sites is 1. The number of likely N-dealkylation sites (N-methyl/N-ethyl adjacent to an activating group) is 1. The topological polar surface area (TPSA) is 38.8 Å². The summed E-state index contributed by atoms with van der Waals surface area (Å²) in [4.78, 5) is 13.8. The highest BCUT2D eigenvalue weighted by molar-refractivity contribution is 9.10. The quantitative estimate of drug-likeness (QED) is 0.788. The number of nitrogens with zero attached hydrogens (tertiary/aromatic N) is 1. The standard InChI is InChI=1S/C17H18BrNO3/c1-19(11-13-5-3-4-6-16(13)21-2)17(20)12-22-15-9-7-14(18)8-10-15/h3-10H,11-12H2,1-2H3. The van der Waals surface area contributed by atoms with E-state index < -0.39 is 0 Å². The van der Waals surface area contributed by atoms with E-state index in [0.717, 1.165) is 15.8 Å². The third kappa shape index (κ3) is 4.49. The molecule has 0 saturated heterocycles. The lowest BCUT2D eigenvalue weighted by atomic mass is 10.2. The van der Waals surface area contributed by atoms with Crippen molar-refractivity contribution in [3.8, 4) is 11.5 Å². The molecule has 2 aromatic rings. The Morgan fingerprint density at radius 3 is 2.50 bits per heavy atom. The van der Waals surface area contributed by atoms with Gasteiger partial charge in [-0.25, -0.2) is 0 Å². The fourth-order valence-electron chi connectivity index (χ4n) is 1.96. The van der Waals surface area contributed by atoms with Crippen molar-refractivity contribution < 1.29 is 14.3 Å². The number of ether oxygens (including phenoxy) is 2. The van der Waals surface area contributed by atoms with Crippen molar-refractivity contribution >= 4 is 21.8 Å². The van der Waals surface area contributed by atoms with Gasteiger partial charge in [0.05, 0.1) is 7.11 Å². The van der Waals surface area contributed by atoms with E-state index in [0.29, 0.717) is 12.3 Å². The molecule has 0 atom stereocenters. The van der Waals surface area contributed by atoms with Crippen LogP contribution < -0.4 is 9.47 Å². The molecule has 1 amide bonds. The van der Waals surface area contributed by atoms with E-state index in [1.807, 2.05) is 48.5 Å². The molecule has 0 heterocycles. The maximum absolute atomic E-state index is 12.1. The normalized spacial score (nSPS) is 10.1. The number of methoxy groups -OCH3 is 1. The van der Waals surface area contributed by atoms with Gasteiger partial charge in [0, 0.05) is 23.6 Å². The smallest absolute Gasteiger partial charge is 0.260 e. The van der Waals surface area contributed by atoms with Gasteiger partial charge in [-0.15, -0.1) is 0 Å². The highest BCUT2D eigenvalue weighted by atomic mass is 79.9. The van der Waals surface area contributed by atoms with Crippen LogP contribution in [-0.2, 0) is 11.3 Å². The third-order valence-electron chi connectivity index (χ3n) is 3.20. The lowest BCUT2D eigenvalue weighted by molar-refractivity contribution is -0.132. The maximum atomic E-state index is 12.1. The van der Waals surface area contributed by atoms with Crippen LogP contribution in [0.4, 0.5) is 0 Å². The lowest BCUT2D eigenvalue weighted by Crippen LogP contribution is -2.31. The van der Waals surface area contributed by atoms with Gasteiger partial charge in [0.15, 0.2) is 6.61 Å². The van der Waals surface area contributed by atoms with Crippen molar-refractivity contribution in [3.63, 3.8) is 0 Å². The van der Waals surface area contributed by atoms with Gasteiger partial charge in [0.1, 0.15) is 11.5 Å². The molecule has 0 N–H and O–H groups in total. The fraction of sp³-hybridized carbons (Fsp3) is 0.235. The SMILES string of the molecule is COc1ccccc1CN(C)C(=O)COc1ccc(Br)cc1. The second-order valence-corrected chi connectivity index (χ2v) is 5.72. The van der Waals surface area contributed by atoms with Gasteiger partial charge in [-0.1, -0.05) is 34.1 Å². The Balaban J connectivity index is 1.90. The van der Waals surface area contributed by atoms with Gasteiger partial charge in [-0.3, -0.25) is 4.79 Å². The molecule has 22 heavy (non-hydrogen) atoms. The molecule has 0 unspecified atom stereocenters. The summed E-state index contributed by atoms with van der Waals surface area (Å²) in [6.45, 7) is 0.486. The second kappa shape index (κ2) is 7.84. The second-order valence-electron chi connectivity index (χ2n) is 4.80. The first kappa shape index (κ1) is 16.4. The number of hydrogen-bond acceptors (Lipinski definition) is 3. The van der Waals surface area contributed by atoms with Crippen molar-refractivity contribution in [1.29, 1.82) is 0 Å². The minimum atomic E-state index is -0.0891. The summed E-state index contributed by atoms with van der Waals surface area (Å²) < 4.78 is 11.8. The lowest BCUT2D eigenvalue weighted by Gasteiger charge is -2.19. The van der Waals surface area contributed by atoms with Crippen molar-refractivity contribution in [2.24, 2.45) is 0 Å². The summed E-state index contributed by atoms with van der Waals surface area (Å²) in [6, 6.07) is 15.0. The molecule has 0 aliphatic carbocycles. The number of carbonyl (C=O) groups excluding carboxylic acids is 1. The summed E-state index contributed by atoms with van der Waals surface area (Å²) in [5.74, 6) is 1.35. The van der Waals surface area contributed by atoms with Gasteiger partial charge >= 0.3 is 0 Å². The van der Waals surface area contributed by atoms with E-state index >= 15 is 0 Å². The third-order valence-corrected chi connectivity index (χ3v) is 3.73. The van der Waals surface area contributed by atoms with E-state index in [4.69, 9.17) is 9.47 Å². The van der Waals surface area contributed by atoms with Crippen molar-refractivity contribution in [2.75, 3.05) is 20.8 Å². The summed E-state index contributed by atoms with van der Waals surface area (Å²) in [5.41, 5.74) is 0.962. The van der Waals surface area contributed by atoms with Crippen molar-refractivity contribution in [2.45, 2.75) is 6.54 Å². The predicted octanol–water partition coefficient (Wildman–Crippen LogP) is 3.50. The highest BCUT2D eigenvalue weighted by Gasteiger charge is 2.12.